The van der Waals surface area contributed by atoms with Crippen molar-refractivity contribution in [2.24, 2.45) is 11.5 Å². The van der Waals surface area contributed by atoms with Gasteiger partial charge in [-0.2, -0.15) is 0 Å². The Labute approximate surface area is 77.3 Å². The molecule has 0 saturated heterocycles. The third-order valence-electron chi connectivity index (χ3n) is 1.24. The third-order valence-corrected chi connectivity index (χ3v) is 1.24. The van der Waals surface area contributed by atoms with E-state index in [9.17, 15) is 9.59 Å². The van der Waals surface area contributed by atoms with Crippen molar-refractivity contribution in [3.63, 3.8) is 0 Å². The molecule has 0 aliphatic heterocycles. The Balaban J connectivity index is 0. The van der Waals surface area contributed by atoms with Crippen LogP contribution in [0.1, 0.15) is 12.8 Å². The summed E-state index contributed by atoms with van der Waals surface area (Å²) in [6.07, 6.45) is 1.55. The van der Waals surface area contributed by atoms with Gasteiger partial charge in [-0.15, -0.1) is 0 Å². The van der Waals surface area contributed by atoms with Gasteiger partial charge in [-0.3, -0.25) is 9.59 Å². The van der Waals surface area contributed by atoms with Crippen LogP contribution in [0, 0.1) is 0 Å². The number of nitrogens with two attached hydrogens (primary N) is 2. The number of hydrogen-bond acceptors (Lipinski definition) is 4. The summed E-state index contributed by atoms with van der Waals surface area (Å²) in [7, 11) is 1.50. The van der Waals surface area contributed by atoms with Crippen LogP contribution in [-0.4, -0.2) is 37.1 Å². The molecule has 0 rings (SSSR count). The fraction of sp³-hybridized carbons (Fsp3) is 0.714. The summed E-state index contributed by atoms with van der Waals surface area (Å²) in [4.78, 5) is 19.9. The summed E-state index contributed by atoms with van der Waals surface area (Å²) in [5.41, 5.74) is 9.68. The van der Waals surface area contributed by atoms with E-state index in [1.165, 1.54) is 7.05 Å². The van der Waals surface area contributed by atoms with E-state index in [0.29, 0.717) is 25.8 Å². The lowest BCUT2D eigenvalue weighted by Gasteiger charge is -2.04. The highest BCUT2D eigenvalue weighted by Gasteiger charge is 2.09. The Hall–Kier alpha value is -1.14. The molecule has 1 unspecified atom stereocenters. The normalized spacial score (nSPS) is 10.7. The molecule has 6 nitrogen and oxygen atoms in total. The van der Waals surface area contributed by atoms with Crippen molar-refractivity contribution in [1.82, 2.24) is 5.32 Å². The third kappa shape index (κ3) is 10.9. The number of rotatable bonds is 6. The molecule has 0 aromatic rings. The van der Waals surface area contributed by atoms with E-state index >= 15 is 0 Å². The molecule has 0 aromatic carbocycles. The average molecular weight is 191 g/mol. The van der Waals surface area contributed by atoms with E-state index in [1.807, 2.05) is 0 Å². The molecule has 0 aromatic heterocycles. The van der Waals surface area contributed by atoms with Crippen molar-refractivity contribution >= 4 is 12.4 Å². The molecular formula is C7H17N3O3. The van der Waals surface area contributed by atoms with Crippen LogP contribution in [0.4, 0.5) is 0 Å². The Morgan fingerprint density at radius 3 is 2.54 bits per heavy atom. The maximum absolute atomic E-state index is 10.1. The standard InChI is InChI=1S/C6H12N2O3.CH5N/c7-5(6(10)11)2-1-3-8-4-9;1-2/h4-5H,1-3,7H2,(H,8,9)(H,10,11);2H2,1H3. The second-order valence-electron chi connectivity index (χ2n) is 2.16. The molecule has 13 heavy (non-hydrogen) atoms. The number of carbonyl (C=O) groups excluding carboxylic acids is 1. The molecule has 6 N–H and O–H groups in total. The summed E-state index contributed by atoms with van der Waals surface area (Å²) in [5.74, 6) is -1.00. The fourth-order valence-corrected chi connectivity index (χ4v) is 0.606. The van der Waals surface area contributed by atoms with E-state index in [1.54, 1.807) is 0 Å². The van der Waals surface area contributed by atoms with Crippen LogP contribution in [-0.2, 0) is 9.59 Å². The van der Waals surface area contributed by atoms with Crippen LogP contribution in [0.25, 0.3) is 0 Å². The van der Waals surface area contributed by atoms with Gasteiger partial charge in [-0.05, 0) is 19.9 Å². The lowest BCUT2D eigenvalue weighted by Crippen LogP contribution is -2.30. The van der Waals surface area contributed by atoms with Crippen LogP contribution in [0.5, 0.6) is 0 Å². The first kappa shape index (κ1) is 14.4. The number of carbonyl (C=O) groups is 2. The highest BCUT2D eigenvalue weighted by atomic mass is 16.4. The number of amides is 1. The number of nitrogens with one attached hydrogen (secondary N) is 1. The first-order valence-electron chi connectivity index (χ1n) is 3.91. The Bertz CT molecular complexity index is 141. The van der Waals surface area contributed by atoms with E-state index in [-0.39, 0.29) is 0 Å². The van der Waals surface area contributed by atoms with Crippen molar-refractivity contribution in [1.29, 1.82) is 0 Å². The van der Waals surface area contributed by atoms with Crippen LogP contribution < -0.4 is 16.8 Å². The van der Waals surface area contributed by atoms with Gasteiger partial charge in [0.2, 0.25) is 6.41 Å². The van der Waals surface area contributed by atoms with Crippen LogP contribution in [0.15, 0.2) is 0 Å². The Kier molecular flexibility index (Phi) is 12.0. The molecule has 1 atom stereocenters. The topological polar surface area (TPSA) is 118 Å². The summed E-state index contributed by atoms with van der Waals surface area (Å²) in [6, 6.07) is -0.816. The zero-order chi connectivity index (χ0) is 10.7. The van der Waals surface area contributed by atoms with Gasteiger partial charge in [0, 0.05) is 6.54 Å². The number of carboxylic acids is 1. The van der Waals surface area contributed by atoms with Crippen molar-refractivity contribution < 1.29 is 14.7 Å². The lowest BCUT2D eigenvalue weighted by molar-refractivity contribution is -0.138. The van der Waals surface area contributed by atoms with Crippen LogP contribution >= 0.6 is 0 Å². The average Bonchev–Trinajstić information content (AvgIpc) is 2.15. The maximum Gasteiger partial charge on any atom is 0.320 e. The first-order chi connectivity index (χ1) is 6.18. The van der Waals surface area contributed by atoms with Gasteiger partial charge in [-0.1, -0.05) is 0 Å². The highest BCUT2D eigenvalue weighted by molar-refractivity contribution is 5.72. The number of hydrogen-bond donors (Lipinski definition) is 4. The van der Waals surface area contributed by atoms with Gasteiger partial charge in [0.25, 0.3) is 0 Å². The molecular weight excluding hydrogens is 174 g/mol. The van der Waals surface area contributed by atoms with Crippen LogP contribution in [0.2, 0.25) is 0 Å². The predicted molar refractivity (Wildman–Crippen MR) is 49.0 cm³/mol. The molecule has 0 aliphatic rings. The van der Waals surface area contributed by atoms with Crippen molar-refractivity contribution in [3.05, 3.63) is 0 Å². The summed E-state index contributed by atoms with van der Waals surface area (Å²) in [6.45, 7) is 0.477. The van der Waals surface area contributed by atoms with E-state index in [4.69, 9.17) is 10.8 Å². The van der Waals surface area contributed by atoms with E-state index < -0.39 is 12.0 Å². The second-order valence-corrected chi connectivity index (χ2v) is 2.16. The second kappa shape index (κ2) is 10.9. The summed E-state index contributed by atoms with van der Waals surface area (Å²) >= 11 is 0. The zero-order valence-corrected chi connectivity index (χ0v) is 7.69. The SMILES string of the molecule is CN.NC(CCCNC=O)C(=O)O. The predicted octanol–water partition coefficient (Wildman–Crippen LogP) is -1.50. The van der Waals surface area contributed by atoms with Crippen molar-refractivity contribution in [2.45, 2.75) is 18.9 Å². The van der Waals surface area contributed by atoms with Gasteiger partial charge in [-0.25, -0.2) is 0 Å². The molecule has 0 spiro atoms. The van der Waals surface area contributed by atoms with Gasteiger partial charge >= 0.3 is 5.97 Å². The fourth-order valence-electron chi connectivity index (χ4n) is 0.606. The van der Waals surface area contributed by atoms with Crippen molar-refractivity contribution in [3.8, 4) is 0 Å². The minimum absolute atomic E-state index is 0.385. The smallest absolute Gasteiger partial charge is 0.320 e. The molecule has 1 amide bonds. The summed E-state index contributed by atoms with van der Waals surface area (Å²) in [5, 5.41) is 10.7. The molecule has 0 aliphatic carbocycles. The number of aliphatic carboxylic acids is 1. The maximum atomic E-state index is 10.1. The monoisotopic (exact) mass is 191 g/mol. The van der Waals surface area contributed by atoms with E-state index in [0.717, 1.165) is 0 Å². The molecule has 78 valence electrons. The molecule has 0 bridgehead atoms. The van der Waals surface area contributed by atoms with Gasteiger partial charge < -0.3 is 21.9 Å². The largest absolute Gasteiger partial charge is 0.480 e. The highest BCUT2D eigenvalue weighted by Crippen LogP contribution is 1.92. The van der Waals surface area contributed by atoms with Crippen molar-refractivity contribution in [2.75, 3.05) is 13.6 Å². The van der Waals surface area contributed by atoms with E-state index in [2.05, 4.69) is 11.1 Å². The lowest BCUT2D eigenvalue weighted by atomic mass is 10.2. The zero-order valence-electron chi connectivity index (χ0n) is 7.69. The Morgan fingerprint density at radius 2 is 2.15 bits per heavy atom. The summed E-state index contributed by atoms with van der Waals surface area (Å²) < 4.78 is 0. The minimum Gasteiger partial charge on any atom is -0.480 e. The van der Waals surface area contributed by atoms with Gasteiger partial charge in [0.1, 0.15) is 6.04 Å². The van der Waals surface area contributed by atoms with Gasteiger partial charge in [0.05, 0.1) is 0 Å². The van der Waals surface area contributed by atoms with Crippen LogP contribution in [0.3, 0.4) is 0 Å². The molecule has 0 fully saturated rings. The molecule has 0 saturated carbocycles. The first-order valence-corrected chi connectivity index (χ1v) is 3.91. The molecule has 6 heteroatoms. The number of carboxylic acid groups (broad SMARTS) is 1. The Morgan fingerprint density at radius 1 is 1.62 bits per heavy atom. The quantitative estimate of drug-likeness (QED) is 0.301. The molecule has 0 radical (unpaired) electrons. The molecule has 0 heterocycles. The van der Waals surface area contributed by atoms with Gasteiger partial charge in [0.15, 0.2) is 0 Å². The minimum atomic E-state index is -1.00.